The summed E-state index contributed by atoms with van der Waals surface area (Å²) in [4.78, 5) is 16.2. The van der Waals surface area contributed by atoms with E-state index in [1.807, 2.05) is 17.0 Å². The summed E-state index contributed by atoms with van der Waals surface area (Å²) in [6.07, 6.45) is 0. The first-order chi connectivity index (χ1) is 7.68. The second kappa shape index (κ2) is 5.89. The van der Waals surface area contributed by atoms with Crippen LogP contribution in [0.15, 0.2) is 24.3 Å². The van der Waals surface area contributed by atoms with Crippen molar-refractivity contribution < 1.29 is 4.79 Å². The van der Waals surface area contributed by atoms with Crippen LogP contribution in [0.5, 0.6) is 0 Å². The molecule has 5 heteroatoms. The maximum absolute atomic E-state index is 12.2. The van der Waals surface area contributed by atoms with E-state index >= 15 is 0 Å². The zero-order chi connectivity index (χ0) is 11.5. The molecule has 0 radical (unpaired) electrons. The molecule has 94 valence electrons. The third-order valence-electron chi connectivity index (χ3n) is 2.98. The number of nitrogens with two attached hydrogens (primary N) is 1. The van der Waals surface area contributed by atoms with Crippen molar-refractivity contribution >= 4 is 24.0 Å². The number of benzene rings is 1. The molecule has 0 spiro atoms. The van der Waals surface area contributed by atoms with Gasteiger partial charge < -0.3 is 15.5 Å². The van der Waals surface area contributed by atoms with E-state index < -0.39 is 0 Å². The summed E-state index contributed by atoms with van der Waals surface area (Å²) in [6, 6.07) is 7.25. The Morgan fingerprint density at radius 1 is 1.18 bits per heavy atom. The second-order valence-electron chi connectivity index (χ2n) is 4.18. The molecule has 17 heavy (non-hydrogen) atoms. The number of piperazine rings is 1. The summed E-state index contributed by atoms with van der Waals surface area (Å²) in [5.74, 6) is 0.0474. The molecule has 1 heterocycles. The van der Waals surface area contributed by atoms with Gasteiger partial charge in [-0.1, -0.05) is 12.1 Å². The number of hydrogen-bond acceptors (Lipinski definition) is 3. The lowest BCUT2D eigenvalue weighted by Crippen LogP contribution is -2.47. The molecule has 2 N–H and O–H groups in total. The van der Waals surface area contributed by atoms with Gasteiger partial charge in [0, 0.05) is 31.9 Å². The number of carbonyl (C=O) groups is 1. The molecule has 1 amide bonds. The highest BCUT2D eigenvalue weighted by Crippen LogP contribution is 2.14. The number of anilines is 1. The Kier molecular flexibility index (Phi) is 4.78. The van der Waals surface area contributed by atoms with Gasteiger partial charge in [0.2, 0.25) is 0 Å². The number of nitrogens with zero attached hydrogens (tertiary/aromatic N) is 2. The third kappa shape index (κ3) is 3.11. The van der Waals surface area contributed by atoms with Crippen LogP contribution in [-0.2, 0) is 0 Å². The number of nitrogen functional groups attached to an aromatic ring is 1. The lowest BCUT2D eigenvalue weighted by atomic mass is 10.1. The van der Waals surface area contributed by atoms with Gasteiger partial charge in [0.1, 0.15) is 0 Å². The number of rotatable bonds is 1. The third-order valence-corrected chi connectivity index (χ3v) is 2.98. The van der Waals surface area contributed by atoms with Crippen LogP contribution in [0.1, 0.15) is 10.4 Å². The summed E-state index contributed by atoms with van der Waals surface area (Å²) in [7, 11) is 2.07. The number of likely N-dealkylation sites (N-methyl/N-ethyl adjacent to an activating group) is 1. The molecule has 0 bridgehead atoms. The van der Waals surface area contributed by atoms with Crippen LogP contribution in [0, 0.1) is 0 Å². The van der Waals surface area contributed by atoms with Gasteiger partial charge in [0.15, 0.2) is 0 Å². The smallest absolute Gasteiger partial charge is 0.256 e. The minimum absolute atomic E-state index is 0. The highest BCUT2D eigenvalue weighted by Gasteiger charge is 2.21. The number of hydrogen-bond donors (Lipinski definition) is 1. The van der Waals surface area contributed by atoms with Crippen LogP contribution in [0.2, 0.25) is 0 Å². The molecule has 4 nitrogen and oxygen atoms in total. The van der Waals surface area contributed by atoms with Gasteiger partial charge in [0.05, 0.1) is 5.56 Å². The van der Waals surface area contributed by atoms with Gasteiger partial charge in [-0.05, 0) is 19.2 Å². The summed E-state index contributed by atoms with van der Waals surface area (Å²) in [5.41, 5.74) is 6.98. The van der Waals surface area contributed by atoms with E-state index in [-0.39, 0.29) is 18.3 Å². The zero-order valence-corrected chi connectivity index (χ0v) is 10.7. The zero-order valence-electron chi connectivity index (χ0n) is 9.93. The van der Waals surface area contributed by atoms with Crippen molar-refractivity contribution in [3.8, 4) is 0 Å². The summed E-state index contributed by atoms with van der Waals surface area (Å²) in [6.45, 7) is 3.42. The van der Waals surface area contributed by atoms with E-state index in [0.29, 0.717) is 11.3 Å². The Morgan fingerprint density at radius 2 is 1.76 bits per heavy atom. The predicted octanol–water partition coefficient (Wildman–Crippen LogP) is 1.08. The van der Waals surface area contributed by atoms with E-state index in [4.69, 9.17) is 5.73 Å². The average molecular weight is 256 g/mol. The number of para-hydroxylation sites is 1. The molecular weight excluding hydrogens is 238 g/mol. The number of amides is 1. The monoisotopic (exact) mass is 255 g/mol. The molecular formula is C12H18ClN3O. The average Bonchev–Trinajstić information content (AvgIpc) is 2.30. The summed E-state index contributed by atoms with van der Waals surface area (Å²) in [5, 5.41) is 0. The largest absolute Gasteiger partial charge is 0.398 e. The Bertz CT molecular complexity index is 389. The molecule has 1 fully saturated rings. The highest BCUT2D eigenvalue weighted by atomic mass is 35.5. The Morgan fingerprint density at radius 3 is 2.35 bits per heavy atom. The fourth-order valence-electron chi connectivity index (χ4n) is 1.87. The van der Waals surface area contributed by atoms with Crippen LogP contribution >= 0.6 is 12.4 Å². The first-order valence-electron chi connectivity index (χ1n) is 5.51. The molecule has 1 aliphatic rings. The number of halogens is 1. The van der Waals surface area contributed by atoms with Crippen molar-refractivity contribution in [2.75, 3.05) is 39.0 Å². The highest BCUT2D eigenvalue weighted by molar-refractivity contribution is 5.99. The molecule has 1 aromatic carbocycles. The molecule has 1 saturated heterocycles. The fraction of sp³-hybridized carbons (Fsp3) is 0.417. The fourth-order valence-corrected chi connectivity index (χ4v) is 1.87. The normalized spacial score (nSPS) is 16.4. The first-order valence-corrected chi connectivity index (χ1v) is 5.51. The first kappa shape index (κ1) is 13.8. The summed E-state index contributed by atoms with van der Waals surface area (Å²) < 4.78 is 0. The van der Waals surface area contributed by atoms with E-state index in [9.17, 15) is 4.79 Å². The lowest BCUT2D eigenvalue weighted by Gasteiger charge is -2.32. The van der Waals surface area contributed by atoms with E-state index in [0.717, 1.165) is 26.2 Å². The van der Waals surface area contributed by atoms with Crippen LogP contribution in [0.25, 0.3) is 0 Å². The standard InChI is InChI=1S/C12H17N3O.ClH/c1-14-6-8-15(9-7-14)12(16)10-4-2-3-5-11(10)13;/h2-5H,6-9,13H2,1H3;1H. The van der Waals surface area contributed by atoms with Crippen LogP contribution in [0.4, 0.5) is 5.69 Å². The van der Waals surface area contributed by atoms with Gasteiger partial charge in [-0.3, -0.25) is 4.79 Å². The molecule has 1 aromatic rings. The van der Waals surface area contributed by atoms with Crippen molar-refractivity contribution in [3.05, 3.63) is 29.8 Å². The number of carbonyl (C=O) groups excluding carboxylic acids is 1. The Hall–Kier alpha value is -1.26. The van der Waals surface area contributed by atoms with Crippen molar-refractivity contribution in [2.45, 2.75) is 0 Å². The van der Waals surface area contributed by atoms with Crippen LogP contribution in [-0.4, -0.2) is 48.9 Å². The van der Waals surface area contributed by atoms with Crippen molar-refractivity contribution in [3.63, 3.8) is 0 Å². The van der Waals surface area contributed by atoms with Crippen LogP contribution < -0.4 is 5.73 Å². The van der Waals surface area contributed by atoms with Crippen molar-refractivity contribution in [1.82, 2.24) is 9.80 Å². The quantitative estimate of drug-likeness (QED) is 0.764. The van der Waals surface area contributed by atoms with Gasteiger partial charge in [-0.2, -0.15) is 0 Å². The Labute approximate surface area is 108 Å². The van der Waals surface area contributed by atoms with Gasteiger partial charge in [-0.25, -0.2) is 0 Å². The van der Waals surface area contributed by atoms with E-state index in [1.54, 1.807) is 12.1 Å². The van der Waals surface area contributed by atoms with Gasteiger partial charge in [0.25, 0.3) is 5.91 Å². The topological polar surface area (TPSA) is 49.6 Å². The van der Waals surface area contributed by atoms with Gasteiger partial charge in [-0.15, -0.1) is 12.4 Å². The molecule has 0 aliphatic carbocycles. The maximum Gasteiger partial charge on any atom is 0.256 e. The Balaban J connectivity index is 0.00000144. The molecule has 0 unspecified atom stereocenters. The minimum Gasteiger partial charge on any atom is -0.398 e. The van der Waals surface area contributed by atoms with Gasteiger partial charge >= 0.3 is 0 Å². The molecule has 0 saturated carbocycles. The van der Waals surface area contributed by atoms with Crippen LogP contribution in [0.3, 0.4) is 0 Å². The molecule has 0 aromatic heterocycles. The maximum atomic E-state index is 12.2. The molecule has 1 aliphatic heterocycles. The van der Waals surface area contributed by atoms with E-state index in [2.05, 4.69) is 11.9 Å². The lowest BCUT2D eigenvalue weighted by molar-refractivity contribution is 0.0665. The minimum atomic E-state index is 0. The van der Waals surface area contributed by atoms with E-state index in [1.165, 1.54) is 0 Å². The van der Waals surface area contributed by atoms with Crippen molar-refractivity contribution in [2.24, 2.45) is 0 Å². The SMILES string of the molecule is CN1CCN(C(=O)c2ccccc2N)CC1.Cl. The molecule has 2 rings (SSSR count). The predicted molar refractivity (Wildman–Crippen MR) is 71.5 cm³/mol. The molecule has 0 atom stereocenters. The summed E-state index contributed by atoms with van der Waals surface area (Å²) >= 11 is 0. The van der Waals surface area contributed by atoms with Crippen molar-refractivity contribution in [1.29, 1.82) is 0 Å². The second-order valence-corrected chi connectivity index (χ2v) is 4.18.